The van der Waals surface area contributed by atoms with Gasteiger partial charge in [0.1, 0.15) is 6.04 Å². The van der Waals surface area contributed by atoms with Gasteiger partial charge in [-0.15, -0.1) is 0 Å². The summed E-state index contributed by atoms with van der Waals surface area (Å²) in [6, 6.07) is 18.2. The van der Waals surface area contributed by atoms with E-state index in [4.69, 9.17) is 5.41 Å². The van der Waals surface area contributed by atoms with Gasteiger partial charge in [-0.25, -0.2) is 9.79 Å². The SMILES string of the molecule is COC(=O)NC(=NC1C(=N)C=C(C(=O)c2ccccc2)C=C1Cc1ccccc1)SC. The molecular weight excluding hydrogens is 410 g/mol. The number of Topliss-reactive ketones (excluding diaryl/α,β-unsaturated/α-hetero) is 1. The Morgan fingerprint density at radius 2 is 1.71 bits per heavy atom. The van der Waals surface area contributed by atoms with Crippen LogP contribution < -0.4 is 5.32 Å². The number of allylic oxidation sites excluding steroid dienone is 2. The van der Waals surface area contributed by atoms with E-state index in [0.29, 0.717) is 22.7 Å². The highest BCUT2D eigenvalue weighted by Crippen LogP contribution is 2.25. The zero-order valence-corrected chi connectivity index (χ0v) is 18.1. The van der Waals surface area contributed by atoms with Gasteiger partial charge in [-0.3, -0.25) is 10.1 Å². The van der Waals surface area contributed by atoms with Gasteiger partial charge in [0.15, 0.2) is 11.0 Å². The van der Waals surface area contributed by atoms with Crippen LogP contribution in [0.25, 0.3) is 0 Å². The molecule has 2 aromatic rings. The second kappa shape index (κ2) is 10.5. The Bertz CT molecular complexity index is 1060. The summed E-state index contributed by atoms with van der Waals surface area (Å²) in [6.45, 7) is 0. The van der Waals surface area contributed by atoms with Crippen molar-refractivity contribution in [2.24, 2.45) is 4.99 Å². The zero-order chi connectivity index (χ0) is 22.2. The number of carbonyl (C=O) groups excluding carboxylic acids is 2. The molecule has 0 aliphatic heterocycles. The van der Waals surface area contributed by atoms with Crippen molar-refractivity contribution in [3.05, 3.63) is 95.1 Å². The van der Waals surface area contributed by atoms with E-state index in [9.17, 15) is 9.59 Å². The maximum absolute atomic E-state index is 13.0. The summed E-state index contributed by atoms with van der Waals surface area (Å²) in [6.07, 6.45) is 5.04. The summed E-state index contributed by atoms with van der Waals surface area (Å²) in [5.41, 5.74) is 3.04. The van der Waals surface area contributed by atoms with Crippen molar-refractivity contribution in [2.45, 2.75) is 12.5 Å². The van der Waals surface area contributed by atoms with Crippen LogP contribution in [-0.2, 0) is 11.2 Å². The fourth-order valence-corrected chi connectivity index (χ4v) is 3.57. The third-order valence-corrected chi connectivity index (χ3v) is 5.28. The number of carbonyl (C=O) groups is 2. The Morgan fingerprint density at radius 3 is 2.32 bits per heavy atom. The number of hydrogen-bond donors (Lipinski definition) is 2. The summed E-state index contributed by atoms with van der Waals surface area (Å²) in [4.78, 5) is 29.2. The van der Waals surface area contributed by atoms with Crippen LogP contribution in [0.4, 0.5) is 4.79 Å². The second-order valence-corrected chi connectivity index (χ2v) is 7.58. The number of thioether (sulfide) groups is 1. The Balaban J connectivity index is 1.98. The van der Waals surface area contributed by atoms with Crippen LogP contribution in [0.2, 0.25) is 0 Å². The maximum Gasteiger partial charge on any atom is 0.412 e. The standard InChI is InChI=1S/C24H23N3O3S/c1-30-24(29)27-23(31-2)26-21-18(13-16-9-5-3-6-10-16)14-19(15-20(21)25)22(28)17-11-7-4-8-12-17/h3-12,14-15,21,25H,13H2,1-2H3,(H,26,27,29). The van der Waals surface area contributed by atoms with Gasteiger partial charge < -0.3 is 10.1 Å². The second-order valence-electron chi connectivity index (χ2n) is 6.79. The van der Waals surface area contributed by atoms with E-state index in [1.165, 1.54) is 18.9 Å². The first-order valence-corrected chi connectivity index (χ1v) is 10.9. The van der Waals surface area contributed by atoms with Gasteiger partial charge in [0, 0.05) is 11.1 Å². The summed E-state index contributed by atoms with van der Waals surface area (Å²) in [7, 11) is 1.28. The molecule has 1 aliphatic carbocycles. The van der Waals surface area contributed by atoms with E-state index in [0.717, 1.165) is 11.1 Å². The van der Waals surface area contributed by atoms with Crippen LogP contribution in [-0.4, -0.2) is 42.2 Å². The molecule has 0 heterocycles. The van der Waals surface area contributed by atoms with Crippen molar-refractivity contribution in [3.8, 4) is 0 Å². The van der Waals surface area contributed by atoms with Crippen molar-refractivity contribution in [1.29, 1.82) is 5.41 Å². The quantitative estimate of drug-likeness (QED) is 0.414. The third-order valence-electron chi connectivity index (χ3n) is 4.68. The van der Waals surface area contributed by atoms with E-state index in [1.807, 2.05) is 54.6 Å². The Hall–Kier alpha value is -3.45. The topological polar surface area (TPSA) is 91.6 Å². The summed E-state index contributed by atoms with van der Waals surface area (Å²) in [5, 5.41) is 11.5. The van der Waals surface area contributed by atoms with Gasteiger partial charge in [-0.1, -0.05) is 72.4 Å². The Morgan fingerprint density at radius 1 is 1.06 bits per heavy atom. The van der Waals surface area contributed by atoms with Crippen molar-refractivity contribution >= 4 is 34.5 Å². The molecule has 6 nitrogen and oxygen atoms in total. The molecule has 1 aliphatic rings. The monoisotopic (exact) mass is 433 g/mol. The number of amidine groups is 1. The number of hydrogen-bond acceptors (Lipinski definition) is 6. The van der Waals surface area contributed by atoms with Gasteiger partial charge >= 0.3 is 6.09 Å². The van der Waals surface area contributed by atoms with Crippen molar-refractivity contribution in [1.82, 2.24) is 5.32 Å². The molecule has 2 aromatic carbocycles. The number of alkyl carbamates (subject to hydrolysis) is 1. The summed E-state index contributed by atoms with van der Waals surface area (Å²) < 4.78 is 4.65. The van der Waals surface area contributed by atoms with Crippen molar-refractivity contribution in [2.75, 3.05) is 13.4 Å². The predicted molar refractivity (Wildman–Crippen MR) is 125 cm³/mol. The molecule has 2 N–H and O–H groups in total. The minimum atomic E-state index is -0.625. The summed E-state index contributed by atoms with van der Waals surface area (Å²) in [5.74, 6) is -0.142. The highest BCUT2D eigenvalue weighted by atomic mass is 32.2. The van der Waals surface area contributed by atoms with Gasteiger partial charge in [0.25, 0.3) is 0 Å². The number of nitrogens with one attached hydrogen (secondary N) is 2. The lowest BCUT2D eigenvalue weighted by Gasteiger charge is -2.23. The highest BCUT2D eigenvalue weighted by Gasteiger charge is 2.26. The summed E-state index contributed by atoms with van der Waals surface area (Å²) >= 11 is 1.25. The first kappa shape index (κ1) is 22.2. The molecule has 0 bridgehead atoms. The van der Waals surface area contributed by atoms with Crippen LogP contribution >= 0.6 is 11.8 Å². The maximum atomic E-state index is 13.0. The fraction of sp³-hybridized carbons (Fsp3) is 0.167. The van der Waals surface area contributed by atoms with E-state index < -0.39 is 12.1 Å². The number of aliphatic imine (C=N–C) groups is 1. The number of benzene rings is 2. The molecule has 158 valence electrons. The van der Waals surface area contributed by atoms with E-state index >= 15 is 0 Å². The first-order chi connectivity index (χ1) is 15.0. The molecule has 7 heteroatoms. The normalized spacial score (nSPS) is 16.3. The lowest BCUT2D eigenvalue weighted by Crippen LogP contribution is -2.32. The Kier molecular flexibility index (Phi) is 7.56. The molecule has 1 unspecified atom stereocenters. The minimum Gasteiger partial charge on any atom is -0.453 e. The first-order valence-electron chi connectivity index (χ1n) is 9.63. The van der Waals surface area contributed by atoms with Crippen LogP contribution in [0.3, 0.4) is 0 Å². The molecule has 1 atom stereocenters. The number of ether oxygens (including phenoxy) is 1. The van der Waals surface area contributed by atoms with Crippen LogP contribution in [0.5, 0.6) is 0 Å². The van der Waals surface area contributed by atoms with Gasteiger partial charge in [-0.05, 0) is 36.0 Å². The molecule has 3 rings (SSSR count). The molecule has 0 saturated carbocycles. The number of nitrogens with zero attached hydrogens (tertiary/aromatic N) is 1. The molecule has 1 amide bonds. The van der Waals surface area contributed by atoms with Crippen molar-refractivity contribution < 1.29 is 14.3 Å². The fourth-order valence-electron chi connectivity index (χ4n) is 3.18. The zero-order valence-electron chi connectivity index (χ0n) is 17.3. The lowest BCUT2D eigenvalue weighted by atomic mass is 9.86. The average Bonchev–Trinajstić information content (AvgIpc) is 2.80. The lowest BCUT2D eigenvalue weighted by molar-refractivity contribution is 0.103. The number of ketones is 1. The van der Waals surface area contributed by atoms with Crippen LogP contribution in [0.1, 0.15) is 15.9 Å². The van der Waals surface area contributed by atoms with Gasteiger partial charge in [0.05, 0.1) is 12.8 Å². The average molecular weight is 434 g/mol. The minimum absolute atomic E-state index is 0.142. The van der Waals surface area contributed by atoms with Crippen LogP contribution in [0.15, 0.2) is 89.0 Å². The molecule has 31 heavy (non-hydrogen) atoms. The molecule has 0 aromatic heterocycles. The molecule has 0 spiro atoms. The number of methoxy groups -OCH3 is 1. The Labute approximate surface area is 185 Å². The molecule has 0 fully saturated rings. The number of amides is 1. The van der Waals surface area contributed by atoms with Gasteiger partial charge in [0.2, 0.25) is 0 Å². The van der Waals surface area contributed by atoms with Crippen molar-refractivity contribution in [3.63, 3.8) is 0 Å². The molecule has 0 radical (unpaired) electrons. The van der Waals surface area contributed by atoms with E-state index in [2.05, 4.69) is 15.0 Å². The smallest absolute Gasteiger partial charge is 0.412 e. The highest BCUT2D eigenvalue weighted by molar-refractivity contribution is 8.13. The van der Waals surface area contributed by atoms with Gasteiger partial charge in [-0.2, -0.15) is 0 Å². The van der Waals surface area contributed by atoms with E-state index in [-0.39, 0.29) is 11.5 Å². The van der Waals surface area contributed by atoms with E-state index in [1.54, 1.807) is 24.5 Å². The van der Waals surface area contributed by atoms with Crippen LogP contribution in [0, 0.1) is 5.41 Å². The largest absolute Gasteiger partial charge is 0.453 e. The third kappa shape index (κ3) is 5.79. The number of rotatable bonds is 5. The predicted octanol–water partition coefficient (Wildman–Crippen LogP) is 4.44. The molecular formula is C24H23N3O3S. The molecule has 0 saturated heterocycles.